The minimum Gasteiger partial charge on any atom is -0.309 e. The lowest BCUT2D eigenvalue weighted by atomic mass is 9.84. The first-order valence-electron chi connectivity index (χ1n) is 20.8. The average Bonchev–Trinajstić information content (AvgIpc) is 3.69. The Hall–Kier alpha value is -7.26. The van der Waals surface area contributed by atoms with Gasteiger partial charge in [0.2, 0.25) is 0 Å². The van der Waals surface area contributed by atoms with Crippen LogP contribution in [-0.2, 0) is 0 Å². The van der Waals surface area contributed by atoms with E-state index in [1.165, 1.54) is 119 Å². The average molecular weight is 782 g/mol. The Morgan fingerprint density at radius 3 is 1.45 bits per heavy atom. The van der Waals surface area contributed by atoms with Crippen LogP contribution in [0, 0.1) is 13.8 Å². The van der Waals surface area contributed by atoms with Crippen LogP contribution in [0.2, 0.25) is 0 Å². The molecule has 0 atom stereocenters. The lowest BCUT2D eigenvalue weighted by Gasteiger charge is -2.29. The minimum atomic E-state index is 1.13. The van der Waals surface area contributed by atoms with Gasteiger partial charge in [0.25, 0.3) is 0 Å². The van der Waals surface area contributed by atoms with Gasteiger partial charge in [-0.15, -0.1) is 11.3 Å². The van der Waals surface area contributed by atoms with Gasteiger partial charge in [0.1, 0.15) is 0 Å². The van der Waals surface area contributed by atoms with Crippen molar-refractivity contribution in [2.45, 2.75) is 13.8 Å². The maximum Gasteiger partial charge on any atom is 0.0540 e. The first-order chi connectivity index (χ1) is 29.6. The number of hydrogen-bond donors (Lipinski definition) is 0. The Kier molecular flexibility index (Phi) is 7.91. The smallest absolute Gasteiger partial charge is 0.0540 e. The molecule has 11 aromatic carbocycles. The van der Waals surface area contributed by atoms with Crippen molar-refractivity contribution < 1.29 is 0 Å². The largest absolute Gasteiger partial charge is 0.309 e. The fourth-order valence-corrected chi connectivity index (χ4v) is 11.0. The topological polar surface area (TPSA) is 3.24 Å². The second-order valence-corrected chi connectivity index (χ2v) is 17.2. The SMILES string of the molecule is Cc1ccc(N(c2ccc3cc(-c4c5ccccc5c(-c5cccc6sc7ccccc7c56)c5ccccc45)ccc3c2)c2ccc(C)c3ccccc23)c2ccccc12. The number of benzene rings is 11. The zero-order valence-electron chi connectivity index (χ0n) is 33.4. The first-order valence-corrected chi connectivity index (χ1v) is 21.6. The van der Waals surface area contributed by atoms with Gasteiger partial charge in [-0.3, -0.25) is 0 Å². The maximum absolute atomic E-state index is 2.47. The molecule has 0 unspecified atom stereocenters. The van der Waals surface area contributed by atoms with Gasteiger partial charge in [0, 0.05) is 36.6 Å². The summed E-state index contributed by atoms with van der Waals surface area (Å²) in [4.78, 5) is 2.47. The Morgan fingerprint density at radius 1 is 0.350 bits per heavy atom. The molecule has 282 valence electrons. The fourth-order valence-electron chi connectivity index (χ4n) is 9.91. The number of hydrogen-bond acceptors (Lipinski definition) is 2. The van der Waals surface area contributed by atoms with E-state index >= 15 is 0 Å². The highest BCUT2D eigenvalue weighted by atomic mass is 32.1. The van der Waals surface area contributed by atoms with Crippen LogP contribution >= 0.6 is 11.3 Å². The van der Waals surface area contributed by atoms with E-state index < -0.39 is 0 Å². The van der Waals surface area contributed by atoms with Crippen LogP contribution in [0.25, 0.3) is 96.3 Å². The number of anilines is 3. The molecule has 0 radical (unpaired) electrons. The molecule has 12 aromatic rings. The van der Waals surface area contributed by atoms with E-state index in [0.29, 0.717) is 0 Å². The lowest BCUT2D eigenvalue weighted by molar-refractivity contribution is 1.31. The number of fused-ring (bicyclic) bond motifs is 8. The monoisotopic (exact) mass is 781 g/mol. The molecule has 1 aromatic heterocycles. The van der Waals surface area contributed by atoms with Gasteiger partial charge in [-0.1, -0.05) is 158 Å². The standard InChI is InChI=1S/C58H39NS/c1-36-26-32-52(44-16-5-3-14-42(36)44)59(53-33-27-37(2)43-15-4-6-17-45(43)53)41-31-30-38-34-40(29-28-39(38)35-41)56-46-18-7-9-20-48(46)57(49-21-10-8-19-47(49)56)51-23-13-25-55-58(51)50-22-11-12-24-54(50)60-55/h3-35H,1-2H3. The predicted molar refractivity (Wildman–Crippen MR) is 262 cm³/mol. The molecule has 0 amide bonds. The van der Waals surface area contributed by atoms with E-state index in [9.17, 15) is 0 Å². The molecule has 0 fully saturated rings. The summed E-state index contributed by atoms with van der Waals surface area (Å²) >= 11 is 1.88. The van der Waals surface area contributed by atoms with Crippen molar-refractivity contribution in [1.82, 2.24) is 0 Å². The van der Waals surface area contributed by atoms with Crippen LogP contribution in [-0.4, -0.2) is 0 Å². The molecule has 0 aliphatic rings. The number of thiophene rings is 1. The summed E-state index contributed by atoms with van der Waals surface area (Å²) in [5.74, 6) is 0. The Bertz CT molecular complexity index is 3560. The molecule has 0 N–H and O–H groups in total. The summed E-state index contributed by atoms with van der Waals surface area (Å²) in [6.07, 6.45) is 0. The van der Waals surface area contributed by atoms with Crippen LogP contribution in [0.1, 0.15) is 11.1 Å². The maximum atomic E-state index is 2.47. The molecule has 0 spiro atoms. The van der Waals surface area contributed by atoms with Gasteiger partial charge in [0.05, 0.1) is 11.4 Å². The summed E-state index contributed by atoms with van der Waals surface area (Å²) in [7, 11) is 0. The molecule has 1 heterocycles. The van der Waals surface area contributed by atoms with Crippen LogP contribution in [0.5, 0.6) is 0 Å². The fraction of sp³-hybridized carbons (Fsp3) is 0.0345. The van der Waals surface area contributed by atoms with Crippen LogP contribution < -0.4 is 4.90 Å². The zero-order chi connectivity index (χ0) is 39.9. The highest BCUT2D eigenvalue weighted by Crippen LogP contribution is 2.49. The molecule has 0 bridgehead atoms. The third kappa shape index (κ3) is 5.31. The zero-order valence-corrected chi connectivity index (χ0v) is 34.2. The lowest BCUT2D eigenvalue weighted by Crippen LogP contribution is -2.11. The van der Waals surface area contributed by atoms with Gasteiger partial charge in [-0.05, 0) is 133 Å². The molecular formula is C58H39NS. The van der Waals surface area contributed by atoms with Crippen molar-refractivity contribution in [2.24, 2.45) is 0 Å². The van der Waals surface area contributed by atoms with Crippen LogP contribution in [0.4, 0.5) is 17.1 Å². The number of aryl methyl sites for hydroxylation is 2. The summed E-state index contributed by atoms with van der Waals surface area (Å²) in [6, 6.07) is 74.5. The van der Waals surface area contributed by atoms with E-state index in [-0.39, 0.29) is 0 Å². The number of rotatable bonds is 5. The summed E-state index contributed by atoms with van der Waals surface area (Å²) < 4.78 is 2.65. The molecule has 12 rings (SSSR count). The van der Waals surface area contributed by atoms with Gasteiger partial charge in [0.15, 0.2) is 0 Å². The minimum absolute atomic E-state index is 1.13. The summed E-state index contributed by atoms with van der Waals surface area (Å²) in [5.41, 5.74) is 11.1. The third-order valence-corrected chi connectivity index (χ3v) is 13.8. The Morgan fingerprint density at radius 2 is 0.833 bits per heavy atom. The van der Waals surface area contributed by atoms with E-state index in [4.69, 9.17) is 0 Å². The third-order valence-electron chi connectivity index (χ3n) is 12.7. The van der Waals surface area contributed by atoms with Crippen LogP contribution in [0.15, 0.2) is 200 Å². The van der Waals surface area contributed by atoms with Crippen molar-refractivity contribution >= 4 is 102 Å². The van der Waals surface area contributed by atoms with Crippen molar-refractivity contribution in [3.63, 3.8) is 0 Å². The number of nitrogens with zero attached hydrogens (tertiary/aromatic N) is 1. The van der Waals surface area contributed by atoms with E-state index in [0.717, 1.165) is 5.69 Å². The molecule has 0 aliphatic heterocycles. The predicted octanol–water partition coefficient (Wildman–Crippen LogP) is 17.2. The Balaban J connectivity index is 1.06. The van der Waals surface area contributed by atoms with Gasteiger partial charge >= 0.3 is 0 Å². The van der Waals surface area contributed by atoms with Crippen molar-refractivity contribution in [1.29, 1.82) is 0 Å². The first kappa shape index (κ1) is 34.8. The molecular weight excluding hydrogens is 743 g/mol. The summed E-state index contributed by atoms with van der Waals surface area (Å²) in [5, 5.41) is 15.2. The van der Waals surface area contributed by atoms with Gasteiger partial charge in [-0.2, -0.15) is 0 Å². The molecule has 0 saturated heterocycles. The molecule has 0 aliphatic carbocycles. The van der Waals surface area contributed by atoms with E-state index in [1.807, 2.05) is 11.3 Å². The highest BCUT2D eigenvalue weighted by molar-refractivity contribution is 7.26. The van der Waals surface area contributed by atoms with Crippen LogP contribution in [0.3, 0.4) is 0 Å². The van der Waals surface area contributed by atoms with Gasteiger partial charge in [-0.25, -0.2) is 0 Å². The normalized spacial score (nSPS) is 11.8. The second kappa shape index (κ2) is 13.7. The van der Waals surface area contributed by atoms with Gasteiger partial charge < -0.3 is 4.90 Å². The molecule has 60 heavy (non-hydrogen) atoms. The van der Waals surface area contributed by atoms with Crippen molar-refractivity contribution in [2.75, 3.05) is 4.90 Å². The quantitative estimate of drug-likeness (QED) is 0.157. The molecule has 1 nitrogen and oxygen atoms in total. The van der Waals surface area contributed by atoms with E-state index in [1.54, 1.807) is 0 Å². The molecule has 2 heteroatoms. The van der Waals surface area contributed by atoms with E-state index in [2.05, 4.69) is 219 Å². The van der Waals surface area contributed by atoms with Crippen molar-refractivity contribution in [3.05, 3.63) is 211 Å². The highest BCUT2D eigenvalue weighted by Gasteiger charge is 2.22. The summed E-state index contributed by atoms with van der Waals surface area (Å²) in [6.45, 7) is 4.41. The second-order valence-electron chi connectivity index (χ2n) is 16.1. The van der Waals surface area contributed by atoms with Crippen molar-refractivity contribution in [3.8, 4) is 22.3 Å². The molecule has 0 saturated carbocycles. The Labute approximate surface area is 353 Å².